The summed E-state index contributed by atoms with van der Waals surface area (Å²) in [5.41, 5.74) is 2.35. The number of aryl methyl sites for hydroxylation is 1. The summed E-state index contributed by atoms with van der Waals surface area (Å²) in [4.78, 5) is 6.56. The van der Waals surface area contributed by atoms with E-state index in [0.717, 1.165) is 16.5 Å². The van der Waals surface area contributed by atoms with Gasteiger partial charge in [0.15, 0.2) is 0 Å². The van der Waals surface area contributed by atoms with Crippen LogP contribution >= 0.6 is 0 Å². The Hall–Kier alpha value is -2.16. The Kier molecular flexibility index (Phi) is 3.50. The molecule has 0 saturated carbocycles. The molecule has 1 aliphatic rings. The van der Waals surface area contributed by atoms with Crippen molar-refractivity contribution in [2.24, 2.45) is 0 Å². The van der Waals surface area contributed by atoms with Crippen molar-refractivity contribution in [3.63, 3.8) is 0 Å². The number of methoxy groups -OCH3 is 1. The van der Waals surface area contributed by atoms with Crippen LogP contribution < -0.4 is 4.90 Å². The molecule has 3 rings (SSSR count). The molecule has 0 spiro atoms. The van der Waals surface area contributed by atoms with Gasteiger partial charge in [-0.1, -0.05) is 18.2 Å². The molecule has 108 valence electrons. The Morgan fingerprint density at radius 3 is 2.81 bits per heavy atom. The van der Waals surface area contributed by atoms with E-state index in [1.165, 1.54) is 0 Å². The summed E-state index contributed by atoms with van der Waals surface area (Å²) >= 11 is 0. The van der Waals surface area contributed by atoms with Gasteiger partial charge in [-0.2, -0.15) is 5.26 Å². The molecule has 0 unspecified atom stereocenters. The first-order chi connectivity index (χ1) is 10.2. The smallest absolute Gasteiger partial charge is 0.147 e. The predicted octanol–water partition coefficient (Wildman–Crippen LogP) is 1.61. The molecule has 1 N–H and O–H groups in total. The third-order valence-electron chi connectivity index (χ3n) is 4.08. The molecule has 1 aromatic carbocycles. The van der Waals surface area contributed by atoms with Crippen LogP contribution in [0, 0.1) is 18.3 Å². The number of aliphatic hydroxyl groups excluding tert-OH is 1. The van der Waals surface area contributed by atoms with Crippen molar-refractivity contribution in [3.8, 4) is 6.07 Å². The number of ether oxygens (including phenoxy) is 1. The van der Waals surface area contributed by atoms with Crippen molar-refractivity contribution < 1.29 is 9.84 Å². The van der Waals surface area contributed by atoms with Crippen molar-refractivity contribution >= 4 is 16.7 Å². The zero-order valence-corrected chi connectivity index (χ0v) is 12.1. The van der Waals surface area contributed by atoms with Gasteiger partial charge in [-0.15, -0.1) is 0 Å². The quantitative estimate of drug-likeness (QED) is 0.906. The lowest BCUT2D eigenvalue weighted by molar-refractivity contribution is 0.0217. The Balaban J connectivity index is 2.13. The van der Waals surface area contributed by atoms with E-state index >= 15 is 0 Å². The first-order valence-electron chi connectivity index (χ1n) is 6.91. The second-order valence-corrected chi connectivity index (χ2v) is 5.31. The van der Waals surface area contributed by atoms with Crippen molar-refractivity contribution in [2.75, 3.05) is 25.1 Å². The molecule has 2 atom stereocenters. The van der Waals surface area contributed by atoms with Crippen LogP contribution in [0.3, 0.4) is 0 Å². The van der Waals surface area contributed by atoms with Gasteiger partial charge in [-0.05, 0) is 18.6 Å². The van der Waals surface area contributed by atoms with Crippen LogP contribution in [-0.4, -0.2) is 42.5 Å². The van der Waals surface area contributed by atoms with Gasteiger partial charge in [0.1, 0.15) is 18.0 Å². The minimum Gasteiger partial charge on any atom is -0.388 e. The third-order valence-corrected chi connectivity index (χ3v) is 4.08. The zero-order valence-electron chi connectivity index (χ0n) is 12.1. The van der Waals surface area contributed by atoms with Crippen molar-refractivity contribution in [3.05, 3.63) is 35.4 Å². The minimum absolute atomic E-state index is 0.245. The Morgan fingerprint density at radius 2 is 2.14 bits per heavy atom. The van der Waals surface area contributed by atoms with E-state index < -0.39 is 6.10 Å². The van der Waals surface area contributed by atoms with E-state index in [2.05, 4.69) is 11.1 Å². The molecule has 1 aromatic heterocycles. The fourth-order valence-electron chi connectivity index (χ4n) is 2.88. The first kappa shape index (κ1) is 13.8. The highest BCUT2D eigenvalue weighted by molar-refractivity contribution is 5.87. The number of aliphatic hydroxyl groups is 1. The molecule has 5 heteroatoms. The average Bonchev–Trinajstić information content (AvgIpc) is 2.88. The van der Waals surface area contributed by atoms with E-state index in [9.17, 15) is 10.4 Å². The average molecular weight is 283 g/mol. The normalized spacial score (nSPS) is 21.7. The number of aromatic nitrogens is 1. The van der Waals surface area contributed by atoms with Gasteiger partial charge in [0.05, 0.1) is 17.2 Å². The van der Waals surface area contributed by atoms with Crippen molar-refractivity contribution in [1.82, 2.24) is 4.98 Å². The molecule has 1 aliphatic heterocycles. The molecular weight excluding hydrogens is 266 g/mol. The van der Waals surface area contributed by atoms with Gasteiger partial charge in [0.25, 0.3) is 0 Å². The number of fused-ring (bicyclic) bond motifs is 1. The highest BCUT2D eigenvalue weighted by atomic mass is 16.5. The van der Waals surface area contributed by atoms with Crippen LogP contribution in [0.4, 0.5) is 5.82 Å². The van der Waals surface area contributed by atoms with E-state index in [1.807, 2.05) is 36.1 Å². The van der Waals surface area contributed by atoms with Gasteiger partial charge in [-0.3, -0.25) is 0 Å². The lowest BCUT2D eigenvalue weighted by atomic mass is 10.0. The largest absolute Gasteiger partial charge is 0.388 e. The molecule has 2 heterocycles. The maximum atomic E-state index is 9.99. The van der Waals surface area contributed by atoms with Gasteiger partial charge in [0, 0.05) is 25.6 Å². The lowest BCUT2D eigenvalue weighted by Gasteiger charge is -2.20. The summed E-state index contributed by atoms with van der Waals surface area (Å²) in [5, 5.41) is 20.5. The predicted molar refractivity (Wildman–Crippen MR) is 80.2 cm³/mol. The number of benzene rings is 1. The van der Waals surface area contributed by atoms with E-state index in [0.29, 0.717) is 24.5 Å². The molecule has 0 radical (unpaired) electrons. The summed E-state index contributed by atoms with van der Waals surface area (Å²) < 4.78 is 5.26. The molecule has 5 nitrogen and oxygen atoms in total. The minimum atomic E-state index is -0.560. The van der Waals surface area contributed by atoms with E-state index in [1.54, 1.807) is 7.11 Å². The SMILES string of the molecule is CO[C@H]1CN(c2nc3ccccc3c(C)c2C#N)C[C@@H]1O. The second-order valence-electron chi connectivity index (χ2n) is 5.31. The molecule has 0 bridgehead atoms. The molecular formula is C16H17N3O2. The maximum absolute atomic E-state index is 9.99. The molecule has 2 aromatic rings. The summed E-state index contributed by atoms with van der Waals surface area (Å²) in [6.45, 7) is 2.90. The van der Waals surface area contributed by atoms with Crippen LogP contribution in [-0.2, 0) is 4.74 Å². The van der Waals surface area contributed by atoms with Crippen LogP contribution in [0.25, 0.3) is 10.9 Å². The lowest BCUT2D eigenvalue weighted by Crippen LogP contribution is -2.25. The molecule has 0 amide bonds. The third kappa shape index (κ3) is 2.23. The highest BCUT2D eigenvalue weighted by Gasteiger charge is 2.33. The van der Waals surface area contributed by atoms with Crippen LogP contribution in [0.15, 0.2) is 24.3 Å². The van der Waals surface area contributed by atoms with Crippen LogP contribution in [0.5, 0.6) is 0 Å². The number of β-amino-alcohol motifs (C(OH)–C–C–N with tert-alkyl or cyclic N) is 1. The topological polar surface area (TPSA) is 69.4 Å². The number of anilines is 1. The second kappa shape index (κ2) is 5.32. The number of rotatable bonds is 2. The molecule has 1 saturated heterocycles. The Morgan fingerprint density at radius 1 is 1.38 bits per heavy atom. The fourth-order valence-corrected chi connectivity index (χ4v) is 2.88. The number of pyridine rings is 1. The number of para-hydroxylation sites is 1. The van der Waals surface area contributed by atoms with Crippen molar-refractivity contribution in [2.45, 2.75) is 19.1 Å². The van der Waals surface area contributed by atoms with E-state index in [-0.39, 0.29) is 6.10 Å². The summed E-state index contributed by atoms with van der Waals surface area (Å²) in [7, 11) is 1.58. The van der Waals surface area contributed by atoms with Gasteiger partial charge in [0.2, 0.25) is 0 Å². The highest BCUT2D eigenvalue weighted by Crippen LogP contribution is 2.30. The van der Waals surface area contributed by atoms with Gasteiger partial charge in [-0.25, -0.2) is 4.98 Å². The Labute approximate surface area is 123 Å². The van der Waals surface area contributed by atoms with Crippen LogP contribution in [0.2, 0.25) is 0 Å². The fraction of sp³-hybridized carbons (Fsp3) is 0.375. The van der Waals surface area contributed by atoms with Crippen molar-refractivity contribution in [1.29, 1.82) is 5.26 Å². The zero-order chi connectivity index (χ0) is 15.0. The van der Waals surface area contributed by atoms with Gasteiger partial charge >= 0.3 is 0 Å². The Bertz CT molecular complexity index is 723. The number of nitriles is 1. The monoisotopic (exact) mass is 283 g/mol. The van der Waals surface area contributed by atoms with Crippen LogP contribution in [0.1, 0.15) is 11.1 Å². The number of hydrogen-bond donors (Lipinski definition) is 1. The van der Waals surface area contributed by atoms with E-state index in [4.69, 9.17) is 4.74 Å². The molecule has 1 fully saturated rings. The number of nitrogens with zero attached hydrogens (tertiary/aromatic N) is 3. The number of hydrogen-bond acceptors (Lipinski definition) is 5. The molecule has 0 aliphatic carbocycles. The summed E-state index contributed by atoms with van der Waals surface area (Å²) in [6.07, 6.45) is -0.805. The first-order valence-corrected chi connectivity index (χ1v) is 6.91. The summed E-state index contributed by atoms with van der Waals surface area (Å²) in [5.74, 6) is 0.632. The molecule has 21 heavy (non-hydrogen) atoms. The maximum Gasteiger partial charge on any atom is 0.147 e. The standard InChI is InChI=1S/C16H17N3O2/c1-10-11-5-3-4-6-13(11)18-16(12(10)7-17)19-8-14(20)15(9-19)21-2/h3-6,14-15,20H,8-9H2,1-2H3/t14-,15-/m0/s1. The van der Waals surface area contributed by atoms with Gasteiger partial charge < -0.3 is 14.7 Å². The summed E-state index contributed by atoms with van der Waals surface area (Å²) in [6, 6.07) is 10.0.